The van der Waals surface area contributed by atoms with Crippen LogP contribution in [0.2, 0.25) is 0 Å². The van der Waals surface area contributed by atoms with Crippen LogP contribution in [0.5, 0.6) is 0 Å². The minimum absolute atomic E-state index is 0.291. The Balaban J connectivity index is 0.000000330. The van der Waals surface area contributed by atoms with Crippen molar-refractivity contribution in [3.05, 3.63) is 71.8 Å². The summed E-state index contributed by atoms with van der Waals surface area (Å²) in [6.45, 7) is 4.70. The minimum Gasteiger partial charge on any atom is -0.480 e. The second-order valence-corrected chi connectivity index (χ2v) is 6.82. The molecule has 0 saturated carbocycles. The van der Waals surface area contributed by atoms with E-state index in [0.717, 1.165) is 36.8 Å². The Morgan fingerprint density at radius 3 is 2.07 bits per heavy atom. The van der Waals surface area contributed by atoms with Crippen LogP contribution in [0.1, 0.15) is 56.8 Å². The van der Waals surface area contributed by atoms with E-state index in [1.54, 1.807) is 0 Å². The largest absolute Gasteiger partial charge is 0.480 e. The number of nitrogens with two attached hydrogens (primary N) is 1. The SMILES string of the molecule is CCC(O)c1ccccc1.CCCCCN(N)C(Cc1ccccc1)C(=O)O. The molecule has 0 spiro atoms. The molecule has 4 N–H and O–H groups in total. The summed E-state index contributed by atoms with van der Waals surface area (Å²) in [7, 11) is 0. The molecule has 154 valence electrons. The second kappa shape index (κ2) is 13.9. The highest BCUT2D eigenvalue weighted by Crippen LogP contribution is 2.14. The van der Waals surface area contributed by atoms with Crippen molar-refractivity contribution in [3.63, 3.8) is 0 Å². The van der Waals surface area contributed by atoms with Crippen molar-refractivity contribution >= 4 is 5.97 Å². The van der Waals surface area contributed by atoms with Gasteiger partial charge in [-0.2, -0.15) is 0 Å². The van der Waals surface area contributed by atoms with Gasteiger partial charge in [0.1, 0.15) is 6.04 Å². The number of rotatable bonds is 10. The fraction of sp³-hybridized carbons (Fsp3) is 0.435. The van der Waals surface area contributed by atoms with Crippen LogP contribution in [-0.2, 0) is 11.2 Å². The van der Waals surface area contributed by atoms with Gasteiger partial charge in [0, 0.05) is 6.54 Å². The molecule has 0 bridgehead atoms. The van der Waals surface area contributed by atoms with Gasteiger partial charge in [-0.25, -0.2) is 5.01 Å². The topological polar surface area (TPSA) is 86.8 Å². The van der Waals surface area contributed by atoms with E-state index in [4.69, 9.17) is 5.84 Å². The monoisotopic (exact) mass is 386 g/mol. The second-order valence-electron chi connectivity index (χ2n) is 6.82. The summed E-state index contributed by atoms with van der Waals surface area (Å²) in [6.07, 6.45) is 4.05. The highest BCUT2D eigenvalue weighted by Gasteiger charge is 2.23. The van der Waals surface area contributed by atoms with Crippen molar-refractivity contribution in [2.24, 2.45) is 5.84 Å². The lowest BCUT2D eigenvalue weighted by Gasteiger charge is -2.24. The van der Waals surface area contributed by atoms with Gasteiger partial charge in [-0.15, -0.1) is 0 Å². The quantitative estimate of drug-likeness (QED) is 0.324. The lowest BCUT2D eigenvalue weighted by molar-refractivity contribution is -0.143. The molecule has 0 heterocycles. The first-order valence-electron chi connectivity index (χ1n) is 10.0. The third kappa shape index (κ3) is 9.13. The van der Waals surface area contributed by atoms with Crippen molar-refractivity contribution in [1.82, 2.24) is 5.01 Å². The van der Waals surface area contributed by atoms with E-state index in [0.29, 0.717) is 13.0 Å². The normalized spacial score (nSPS) is 12.8. The van der Waals surface area contributed by atoms with Crippen LogP contribution in [0, 0.1) is 0 Å². The van der Waals surface area contributed by atoms with Crippen LogP contribution in [0.15, 0.2) is 60.7 Å². The summed E-state index contributed by atoms with van der Waals surface area (Å²) in [4.78, 5) is 11.3. The summed E-state index contributed by atoms with van der Waals surface area (Å²) in [6, 6.07) is 18.6. The summed E-state index contributed by atoms with van der Waals surface area (Å²) >= 11 is 0. The maximum Gasteiger partial charge on any atom is 0.322 e. The van der Waals surface area contributed by atoms with Crippen LogP contribution >= 0.6 is 0 Å². The molecule has 0 aromatic heterocycles. The third-order valence-corrected chi connectivity index (χ3v) is 4.55. The van der Waals surface area contributed by atoms with Crippen LogP contribution in [0.25, 0.3) is 0 Å². The van der Waals surface area contributed by atoms with Gasteiger partial charge in [-0.1, -0.05) is 87.4 Å². The van der Waals surface area contributed by atoms with E-state index in [1.807, 2.05) is 67.6 Å². The van der Waals surface area contributed by atoms with E-state index >= 15 is 0 Å². The molecule has 5 heteroatoms. The van der Waals surface area contributed by atoms with Gasteiger partial charge in [0.05, 0.1) is 6.10 Å². The lowest BCUT2D eigenvalue weighted by atomic mass is 10.1. The molecule has 0 saturated heterocycles. The van der Waals surface area contributed by atoms with Crippen molar-refractivity contribution < 1.29 is 15.0 Å². The zero-order valence-corrected chi connectivity index (χ0v) is 17.0. The van der Waals surface area contributed by atoms with Crippen LogP contribution in [-0.4, -0.2) is 33.8 Å². The van der Waals surface area contributed by atoms with Gasteiger partial charge in [0.25, 0.3) is 0 Å². The smallest absolute Gasteiger partial charge is 0.322 e. The van der Waals surface area contributed by atoms with Crippen molar-refractivity contribution in [3.8, 4) is 0 Å². The highest BCUT2D eigenvalue weighted by molar-refractivity contribution is 5.73. The van der Waals surface area contributed by atoms with Gasteiger partial charge >= 0.3 is 5.97 Å². The maximum atomic E-state index is 11.3. The van der Waals surface area contributed by atoms with E-state index in [9.17, 15) is 15.0 Å². The van der Waals surface area contributed by atoms with Crippen LogP contribution < -0.4 is 5.84 Å². The van der Waals surface area contributed by atoms with Crippen molar-refractivity contribution in [2.75, 3.05) is 6.54 Å². The summed E-state index contributed by atoms with van der Waals surface area (Å²) < 4.78 is 0. The van der Waals surface area contributed by atoms with E-state index < -0.39 is 12.0 Å². The Bertz CT molecular complexity index is 649. The minimum atomic E-state index is -0.863. The zero-order valence-electron chi connectivity index (χ0n) is 17.0. The first-order chi connectivity index (χ1) is 13.5. The number of carboxylic acids is 1. The van der Waals surface area contributed by atoms with E-state index in [1.165, 1.54) is 5.01 Å². The van der Waals surface area contributed by atoms with E-state index in [2.05, 4.69) is 6.92 Å². The number of carboxylic acid groups (broad SMARTS) is 1. The van der Waals surface area contributed by atoms with Gasteiger partial charge in [-0.05, 0) is 30.4 Å². The molecule has 2 aromatic rings. The molecule has 0 aliphatic carbocycles. The molecular weight excluding hydrogens is 352 g/mol. The first kappa shape index (κ1) is 23.8. The fourth-order valence-corrected chi connectivity index (χ4v) is 2.79. The Hall–Kier alpha value is -2.21. The number of carbonyl (C=O) groups is 1. The molecule has 0 aliphatic rings. The fourth-order valence-electron chi connectivity index (χ4n) is 2.79. The van der Waals surface area contributed by atoms with Crippen LogP contribution in [0.4, 0.5) is 0 Å². The van der Waals surface area contributed by atoms with Gasteiger partial charge in [-0.3, -0.25) is 10.6 Å². The number of hydrogen-bond acceptors (Lipinski definition) is 4. The molecule has 5 nitrogen and oxygen atoms in total. The van der Waals surface area contributed by atoms with Gasteiger partial charge in [0.15, 0.2) is 0 Å². The number of aliphatic hydroxyl groups excluding tert-OH is 1. The Kier molecular flexibility index (Phi) is 11.8. The molecule has 0 fully saturated rings. The molecule has 28 heavy (non-hydrogen) atoms. The molecule has 0 radical (unpaired) electrons. The van der Waals surface area contributed by atoms with Crippen molar-refractivity contribution in [1.29, 1.82) is 0 Å². The zero-order chi connectivity index (χ0) is 20.8. The predicted molar refractivity (Wildman–Crippen MR) is 114 cm³/mol. The number of hydrazine groups is 1. The van der Waals surface area contributed by atoms with E-state index in [-0.39, 0.29) is 6.10 Å². The van der Waals surface area contributed by atoms with Crippen molar-refractivity contribution in [2.45, 2.75) is 58.1 Å². The number of aliphatic carboxylic acids is 1. The predicted octanol–water partition coefficient (Wildman–Crippen LogP) is 4.18. The molecule has 2 aromatic carbocycles. The molecule has 2 rings (SSSR count). The summed E-state index contributed by atoms with van der Waals surface area (Å²) in [5.74, 6) is 5.00. The standard InChI is InChI=1S/C14H22N2O2.C9H12O/c1-2-3-7-10-16(15)13(14(17)18)11-12-8-5-4-6-9-12;1-2-9(10)8-6-4-3-5-7-8/h4-6,8-9,13H,2-3,7,10-11,15H2,1H3,(H,17,18);3-7,9-10H,2H2,1H3. The molecule has 2 unspecified atom stereocenters. The average Bonchev–Trinajstić information content (AvgIpc) is 2.73. The molecule has 2 atom stereocenters. The third-order valence-electron chi connectivity index (χ3n) is 4.55. The van der Waals surface area contributed by atoms with Gasteiger partial charge in [0.2, 0.25) is 0 Å². The highest BCUT2D eigenvalue weighted by atomic mass is 16.4. The Labute approximate surface area is 168 Å². The number of aliphatic hydroxyl groups is 1. The molecule has 0 amide bonds. The Morgan fingerprint density at radius 1 is 1.00 bits per heavy atom. The maximum absolute atomic E-state index is 11.3. The average molecular weight is 387 g/mol. The summed E-state index contributed by atoms with van der Waals surface area (Å²) in [5, 5.41) is 20.0. The number of nitrogens with zero attached hydrogens (tertiary/aromatic N) is 1. The number of hydrogen-bond donors (Lipinski definition) is 3. The first-order valence-corrected chi connectivity index (χ1v) is 10.0. The number of benzene rings is 2. The Morgan fingerprint density at radius 2 is 1.57 bits per heavy atom. The molecule has 0 aliphatic heterocycles. The summed E-state index contributed by atoms with van der Waals surface area (Å²) in [5.41, 5.74) is 2.00. The van der Waals surface area contributed by atoms with Crippen LogP contribution in [0.3, 0.4) is 0 Å². The molecular formula is C23H34N2O3. The number of unbranched alkanes of at least 4 members (excludes halogenated alkanes) is 2. The lowest BCUT2D eigenvalue weighted by Crippen LogP contribution is -2.47. The van der Waals surface area contributed by atoms with Gasteiger partial charge < -0.3 is 10.2 Å².